The highest BCUT2D eigenvalue weighted by Gasteiger charge is 2.32. The number of benzene rings is 3. The maximum absolute atomic E-state index is 13.8. The summed E-state index contributed by atoms with van der Waals surface area (Å²) in [7, 11) is 0. The van der Waals surface area contributed by atoms with Gasteiger partial charge >= 0.3 is 5.97 Å². The first-order chi connectivity index (χ1) is 18.4. The monoisotopic (exact) mass is 570 g/mol. The molecular weight excluding hydrogens is 550 g/mol. The molecule has 1 heterocycles. The van der Waals surface area contributed by atoms with E-state index < -0.39 is 35.2 Å². The van der Waals surface area contributed by atoms with Crippen LogP contribution in [0, 0.1) is 18.6 Å². The molecule has 0 aromatic heterocycles. The van der Waals surface area contributed by atoms with E-state index in [2.05, 4.69) is 5.32 Å². The molecule has 0 radical (unpaired) electrons. The number of halogens is 2. The van der Waals surface area contributed by atoms with Crippen molar-refractivity contribution in [3.05, 3.63) is 81.8 Å². The molecule has 8 nitrogen and oxygen atoms in total. The van der Waals surface area contributed by atoms with Gasteiger partial charge in [0.1, 0.15) is 21.4 Å². The molecule has 4 N–H and O–H groups in total. The molecule has 3 aromatic rings. The van der Waals surface area contributed by atoms with Crippen molar-refractivity contribution in [2.45, 2.75) is 13.3 Å². The minimum atomic E-state index is -1.31. The van der Waals surface area contributed by atoms with Crippen molar-refractivity contribution in [1.82, 2.24) is 4.90 Å². The quantitative estimate of drug-likeness (QED) is 0.223. The number of carboxylic acids is 1. The zero-order valence-electron chi connectivity index (χ0n) is 20.2. The number of phenols is 2. The third kappa shape index (κ3) is 6.07. The number of aryl methyl sites for hydroxylation is 1. The second-order valence-electron chi connectivity index (χ2n) is 8.53. The fourth-order valence-corrected chi connectivity index (χ4v) is 5.12. The van der Waals surface area contributed by atoms with Gasteiger partial charge in [0.05, 0.1) is 4.91 Å². The van der Waals surface area contributed by atoms with Gasteiger partial charge in [-0.05, 0) is 66.1 Å². The van der Waals surface area contributed by atoms with E-state index in [0.29, 0.717) is 16.7 Å². The SMILES string of the molecule is Cc1cc(-c2ccc(F)c(F)c2)cc(/C=C2\SC(=S)N(CCC(=O)Nc3ccc(C(=O)O)c(O)c3)C2=O)c1O. The Labute approximate surface area is 230 Å². The Balaban J connectivity index is 1.48. The number of nitrogens with zero attached hydrogens (tertiary/aromatic N) is 1. The summed E-state index contributed by atoms with van der Waals surface area (Å²) in [6, 6.07) is 10.2. The summed E-state index contributed by atoms with van der Waals surface area (Å²) in [5, 5.41) is 31.9. The molecule has 2 amide bonds. The predicted molar refractivity (Wildman–Crippen MR) is 146 cm³/mol. The highest BCUT2D eigenvalue weighted by atomic mass is 32.2. The summed E-state index contributed by atoms with van der Waals surface area (Å²) in [6.45, 7) is 1.59. The van der Waals surface area contributed by atoms with Gasteiger partial charge in [0.25, 0.3) is 5.91 Å². The van der Waals surface area contributed by atoms with Crippen LogP contribution in [0.15, 0.2) is 53.4 Å². The van der Waals surface area contributed by atoms with Crippen molar-refractivity contribution in [2.24, 2.45) is 0 Å². The lowest BCUT2D eigenvalue weighted by Crippen LogP contribution is -2.31. The van der Waals surface area contributed by atoms with Crippen LogP contribution in [-0.2, 0) is 9.59 Å². The third-order valence-electron chi connectivity index (χ3n) is 5.82. The predicted octanol–water partition coefficient (Wildman–Crippen LogP) is 5.28. The number of thiocarbonyl (C=S) groups is 1. The Kier molecular flexibility index (Phi) is 7.98. The van der Waals surface area contributed by atoms with Crippen LogP contribution in [0.2, 0.25) is 0 Å². The van der Waals surface area contributed by atoms with E-state index in [9.17, 15) is 33.4 Å². The molecule has 0 atom stereocenters. The molecule has 200 valence electrons. The van der Waals surface area contributed by atoms with Crippen LogP contribution >= 0.6 is 24.0 Å². The highest BCUT2D eigenvalue weighted by Crippen LogP contribution is 2.37. The molecule has 0 aliphatic carbocycles. The molecular formula is C27H20F2N2O6S2. The van der Waals surface area contributed by atoms with Crippen LogP contribution in [0.4, 0.5) is 14.5 Å². The Bertz CT molecular complexity index is 1570. The molecule has 0 unspecified atom stereocenters. The Morgan fingerprint density at radius 3 is 2.46 bits per heavy atom. The van der Waals surface area contributed by atoms with Gasteiger partial charge in [-0.1, -0.05) is 30.0 Å². The molecule has 1 fully saturated rings. The second-order valence-corrected chi connectivity index (χ2v) is 10.2. The van der Waals surface area contributed by atoms with Crippen molar-refractivity contribution in [3.8, 4) is 22.6 Å². The van der Waals surface area contributed by atoms with Crippen molar-refractivity contribution in [2.75, 3.05) is 11.9 Å². The second kappa shape index (κ2) is 11.2. The van der Waals surface area contributed by atoms with Gasteiger partial charge in [0.2, 0.25) is 5.91 Å². The van der Waals surface area contributed by atoms with E-state index in [4.69, 9.17) is 17.3 Å². The number of amides is 2. The summed E-state index contributed by atoms with van der Waals surface area (Å²) < 4.78 is 27.3. The molecule has 1 saturated heterocycles. The van der Waals surface area contributed by atoms with E-state index in [1.807, 2.05) is 0 Å². The number of carbonyl (C=O) groups is 3. The van der Waals surface area contributed by atoms with Gasteiger partial charge < -0.3 is 20.6 Å². The zero-order chi connectivity index (χ0) is 28.4. The zero-order valence-corrected chi connectivity index (χ0v) is 21.8. The standard InChI is InChI=1S/C27H20F2N2O6S2/c1-13-8-15(14-2-5-19(28)20(29)10-14)9-16(24(13)34)11-22-25(35)31(27(38)39-22)7-6-23(33)30-17-3-4-18(26(36)37)21(32)12-17/h2-5,8-12,32,34H,6-7H2,1H3,(H,30,33)(H,36,37)/b22-11-. The van der Waals surface area contributed by atoms with Gasteiger partial charge in [0, 0.05) is 30.3 Å². The first-order valence-electron chi connectivity index (χ1n) is 11.3. The first kappa shape index (κ1) is 27.7. The topological polar surface area (TPSA) is 127 Å². The van der Waals surface area contributed by atoms with E-state index >= 15 is 0 Å². The number of aromatic hydroxyl groups is 2. The van der Waals surface area contributed by atoms with E-state index in [1.54, 1.807) is 19.1 Å². The Hall–Kier alpha value is -4.29. The molecule has 3 aromatic carbocycles. The fraction of sp³-hybridized carbons (Fsp3) is 0.111. The van der Waals surface area contributed by atoms with Gasteiger partial charge in [-0.2, -0.15) is 0 Å². The molecule has 4 rings (SSSR count). The first-order valence-corrected chi connectivity index (χ1v) is 12.6. The molecule has 39 heavy (non-hydrogen) atoms. The molecule has 1 aliphatic heterocycles. The average Bonchev–Trinajstić information content (AvgIpc) is 3.13. The number of anilines is 1. The third-order valence-corrected chi connectivity index (χ3v) is 7.20. The van der Waals surface area contributed by atoms with Gasteiger partial charge in [-0.15, -0.1) is 0 Å². The normalized spacial score (nSPS) is 14.2. The van der Waals surface area contributed by atoms with E-state index in [0.717, 1.165) is 36.0 Å². The summed E-state index contributed by atoms with van der Waals surface area (Å²) in [6.07, 6.45) is 1.30. The van der Waals surface area contributed by atoms with Crippen LogP contribution in [0.5, 0.6) is 11.5 Å². The summed E-state index contributed by atoms with van der Waals surface area (Å²) in [5.74, 6) is -4.88. The minimum Gasteiger partial charge on any atom is -0.507 e. The van der Waals surface area contributed by atoms with E-state index in [-0.39, 0.29) is 44.8 Å². The average molecular weight is 571 g/mol. The van der Waals surface area contributed by atoms with E-state index in [1.165, 1.54) is 23.1 Å². The number of nitrogens with one attached hydrogen (secondary N) is 1. The van der Waals surface area contributed by atoms with Crippen LogP contribution in [0.3, 0.4) is 0 Å². The number of phenolic OH excluding ortho intramolecular Hbond substituents is 1. The fourth-order valence-electron chi connectivity index (χ4n) is 3.82. The summed E-state index contributed by atoms with van der Waals surface area (Å²) >= 11 is 6.29. The lowest BCUT2D eigenvalue weighted by molar-refractivity contribution is -0.122. The van der Waals surface area contributed by atoms with Gasteiger partial charge in [0.15, 0.2) is 11.6 Å². The number of aromatic carboxylic acids is 1. The van der Waals surface area contributed by atoms with Gasteiger partial charge in [-0.25, -0.2) is 13.6 Å². The maximum Gasteiger partial charge on any atom is 0.339 e. The number of carbonyl (C=O) groups excluding carboxylic acids is 2. The summed E-state index contributed by atoms with van der Waals surface area (Å²) in [4.78, 5) is 37.9. The number of thioether (sulfide) groups is 1. The highest BCUT2D eigenvalue weighted by molar-refractivity contribution is 8.26. The minimum absolute atomic E-state index is 0.0487. The van der Waals surface area contributed by atoms with Crippen LogP contribution in [-0.4, -0.2) is 48.9 Å². The molecule has 1 aliphatic rings. The van der Waals surface area contributed by atoms with Crippen molar-refractivity contribution >= 4 is 57.8 Å². The molecule has 0 bridgehead atoms. The Morgan fingerprint density at radius 2 is 1.79 bits per heavy atom. The number of carboxylic acid groups (broad SMARTS) is 1. The van der Waals surface area contributed by atoms with Crippen LogP contribution < -0.4 is 5.32 Å². The van der Waals surface area contributed by atoms with Crippen molar-refractivity contribution in [3.63, 3.8) is 0 Å². The molecule has 0 spiro atoms. The lowest BCUT2D eigenvalue weighted by Gasteiger charge is -2.14. The van der Waals surface area contributed by atoms with Crippen LogP contribution in [0.1, 0.15) is 27.9 Å². The van der Waals surface area contributed by atoms with Crippen LogP contribution in [0.25, 0.3) is 17.2 Å². The lowest BCUT2D eigenvalue weighted by atomic mass is 9.98. The molecule has 12 heteroatoms. The van der Waals surface area contributed by atoms with Crippen molar-refractivity contribution < 1.29 is 38.5 Å². The number of hydrogen-bond donors (Lipinski definition) is 4. The Morgan fingerprint density at radius 1 is 1.05 bits per heavy atom. The number of rotatable bonds is 7. The smallest absolute Gasteiger partial charge is 0.339 e. The largest absolute Gasteiger partial charge is 0.507 e. The van der Waals surface area contributed by atoms with Crippen molar-refractivity contribution in [1.29, 1.82) is 0 Å². The summed E-state index contributed by atoms with van der Waals surface area (Å²) in [5.41, 5.74) is 1.49. The number of hydrogen-bond acceptors (Lipinski definition) is 7. The maximum atomic E-state index is 13.8. The molecule has 0 saturated carbocycles. The van der Waals surface area contributed by atoms with Gasteiger partial charge in [-0.3, -0.25) is 14.5 Å².